The maximum absolute atomic E-state index is 12.0. The van der Waals surface area contributed by atoms with Crippen LogP contribution in [0.4, 0.5) is 0 Å². The average Bonchev–Trinajstić information content (AvgIpc) is 2.98. The van der Waals surface area contributed by atoms with E-state index in [4.69, 9.17) is 0 Å². The zero-order valence-corrected chi connectivity index (χ0v) is 12.2. The lowest BCUT2D eigenvalue weighted by atomic mass is 10.5. The monoisotopic (exact) mass is 303 g/mol. The highest BCUT2D eigenvalue weighted by molar-refractivity contribution is 7.89. The molecule has 0 saturated heterocycles. The molecule has 5 nitrogen and oxygen atoms in total. The molecule has 98 valence electrons. The highest BCUT2D eigenvalue weighted by Gasteiger charge is 2.16. The summed E-state index contributed by atoms with van der Waals surface area (Å²) in [6, 6.07) is 1.69. The van der Waals surface area contributed by atoms with Crippen molar-refractivity contribution in [2.24, 2.45) is 0 Å². The minimum absolute atomic E-state index is 0.225. The number of thiazole rings is 1. The topological polar surface area (TPSA) is 71.1 Å². The number of hydrogen-bond acceptors (Lipinski definition) is 6. The zero-order chi connectivity index (χ0) is 13.0. The van der Waals surface area contributed by atoms with Gasteiger partial charge in [-0.15, -0.1) is 22.7 Å². The van der Waals surface area contributed by atoms with E-state index in [0.717, 1.165) is 10.6 Å². The predicted molar refractivity (Wildman–Crippen MR) is 73.2 cm³/mol. The molecular formula is C10H13N3O2S3. The lowest BCUT2D eigenvalue weighted by molar-refractivity contribution is 0.581. The lowest BCUT2D eigenvalue weighted by Gasteiger charge is -2.02. The fourth-order valence-corrected chi connectivity index (χ4v) is 4.19. The van der Waals surface area contributed by atoms with Crippen LogP contribution in [0.15, 0.2) is 27.2 Å². The van der Waals surface area contributed by atoms with Gasteiger partial charge in [-0.1, -0.05) is 0 Å². The van der Waals surface area contributed by atoms with Crippen LogP contribution in [0.5, 0.6) is 0 Å². The van der Waals surface area contributed by atoms with Gasteiger partial charge in [0.05, 0.1) is 22.6 Å². The number of nitrogens with one attached hydrogen (secondary N) is 2. The van der Waals surface area contributed by atoms with Crippen molar-refractivity contribution < 1.29 is 8.42 Å². The van der Waals surface area contributed by atoms with Gasteiger partial charge in [0.2, 0.25) is 10.0 Å². The molecule has 2 aromatic heterocycles. The van der Waals surface area contributed by atoms with Crippen LogP contribution >= 0.6 is 22.7 Å². The van der Waals surface area contributed by atoms with E-state index < -0.39 is 10.0 Å². The van der Waals surface area contributed by atoms with Gasteiger partial charge in [-0.3, -0.25) is 0 Å². The highest BCUT2D eigenvalue weighted by Crippen LogP contribution is 2.19. The minimum Gasteiger partial charge on any atom is -0.315 e. The average molecular weight is 303 g/mol. The number of aromatic nitrogens is 1. The third-order valence-electron chi connectivity index (χ3n) is 2.22. The first-order valence-corrected chi connectivity index (χ1v) is 8.51. The zero-order valence-electron chi connectivity index (χ0n) is 9.71. The summed E-state index contributed by atoms with van der Waals surface area (Å²) in [5, 5.41) is 6.46. The Morgan fingerprint density at radius 3 is 2.83 bits per heavy atom. The maximum atomic E-state index is 12.0. The van der Waals surface area contributed by atoms with Crippen LogP contribution in [0.2, 0.25) is 0 Å². The summed E-state index contributed by atoms with van der Waals surface area (Å²) in [4.78, 5) is 5.34. The first kappa shape index (κ1) is 13.6. The molecule has 0 fully saturated rings. The third kappa shape index (κ3) is 3.36. The molecular weight excluding hydrogens is 290 g/mol. The van der Waals surface area contributed by atoms with Crippen molar-refractivity contribution in [1.29, 1.82) is 0 Å². The molecule has 2 heterocycles. The summed E-state index contributed by atoms with van der Waals surface area (Å²) < 4.78 is 26.5. The van der Waals surface area contributed by atoms with Crippen molar-refractivity contribution >= 4 is 32.7 Å². The third-order valence-corrected chi connectivity index (χ3v) is 5.32. The Labute approximate surface area is 114 Å². The Hall–Kier alpha value is -0.800. The van der Waals surface area contributed by atoms with E-state index in [9.17, 15) is 8.42 Å². The number of nitrogens with zero attached hydrogens (tertiary/aromatic N) is 1. The number of rotatable bonds is 6. The van der Waals surface area contributed by atoms with Crippen molar-refractivity contribution in [2.45, 2.75) is 18.0 Å². The molecule has 0 amide bonds. The van der Waals surface area contributed by atoms with Gasteiger partial charge in [0.25, 0.3) is 0 Å². The Kier molecular flexibility index (Phi) is 4.46. The molecule has 2 rings (SSSR count). The Bertz CT molecular complexity index is 590. The Morgan fingerprint density at radius 1 is 1.33 bits per heavy atom. The van der Waals surface area contributed by atoms with Gasteiger partial charge < -0.3 is 5.32 Å². The van der Waals surface area contributed by atoms with Gasteiger partial charge in [-0.2, -0.15) is 0 Å². The van der Waals surface area contributed by atoms with Crippen LogP contribution in [0.25, 0.3) is 0 Å². The molecule has 0 aliphatic carbocycles. The van der Waals surface area contributed by atoms with E-state index in [1.165, 1.54) is 22.7 Å². The fraction of sp³-hybridized carbons (Fsp3) is 0.300. The Balaban J connectivity index is 2.05. The summed E-state index contributed by atoms with van der Waals surface area (Å²) in [5.41, 5.74) is 2.41. The smallest absolute Gasteiger partial charge is 0.241 e. The van der Waals surface area contributed by atoms with Crippen LogP contribution in [-0.2, 0) is 23.1 Å². The summed E-state index contributed by atoms with van der Waals surface area (Å²) in [6.45, 7) is 0.898. The van der Waals surface area contributed by atoms with Crippen molar-refractivity contribution in [1.82, 2.24) is 15.0 Å². The normalized spacial score (nSPS) is 11.8. The molecule has 0 bridgehead atoms. The number of thiophene rings is 1. The van der Waals surface area contributed by atoms with E-state index in [1.54, 1.807) is 17.0 Å². The van der Waals surface area contributed by atoms with Gasteiger partial charge in [0.1, 0.15) is 0 Å². The fourth-order valence-electron chi connectivity index (χ4n) is 1.35. The van der Waals surface area contributed by atoms with Crippen molar-refractivity contribution in [3.63, 3.8) is 0 Å². The Morgan fingerprint density at radius 2 is 2.17 bits per heavy atom. The van der Waals surface area contributed by atoms with Gasteiger partial charge in [0.15, 0.2) is 0 Å². The van der Waals surface area contributed by atoms with Crippen LogP contribution in [0.1, 0.15) is 10.6 Å². The molecule has 18 heavy (non-hydrogen) atoms. The molecule has 0 radical (unpaired) electrons. The van der Waals surface area contributed by atoms with Crippen LogP contribution in [0, 0.1) is 0 Å². The van der Waals surface area contributed by atoms with E-state index >= 15 is 0 Å². The molecule has 2 aromatic rings. The maximum Gasteiger partial charge on any atom is 0.241 e. The highest BCUT2D eigenvalue weighted by atomic mass is 32.2. The first-order valence-electron chi connectivity index (χ1n) is 5.20. The molecule has 2 N–H and O–H groups in total. The molecule has 0 saturated carbocycles. The first-order chi connectivity index (χ1) is 8.62. The van der Waals surface area contributed by atoms with Gasteiger partial charge in [0, 0.05) is 22.2 Å². The molecule has 0 atom stereocenters. The standard InChI is InChI=1S/C10H13N3O2S3/c1-11-4-9-2-10(6-17-9)18(14,15)13-3-8-5-16-7-12-8/h2,5-7,11,13H,3-4H2,1H3. The molecule has 0 aliphatic heterocycles. The summed E-state index contributed by atoms with van der Waals surface area (Å²) in [5.74, 6) is 0. The van der Waals surface area contributed by atoms with Gasteiger partial charge in [-0.05, 0) is 13.1 Å². The van der Waals surface area contributed by atoms with Crippen molar-refractivity contribution in [3.05, 3.63) is 32.9 Å². The largest absolute Gasteiger partial charge is 0.315 e. The van der Waals surface area contributed by atoms with Crippen LogP contribution in [-0.4, -0.2) is 20.4 Å². The number of hydrogen-bond donors (Lipinski definition) is 2. The summed E-state index contributed by atoms with van der Waals surface area (Å²) >= 11 is 2.87. The van der Waals surface area contributed by atoms with E-state index in [1.807, 2.05) is 12.4 Å². The second kappa shape index (κ2) is 5.89. The lowest BCUT2D eigenvalue weighted by Crippen LogP contribution is -2.22. The second-order valence-electron chi connectivity index (χ2n) is 3.58. The second-order valence-corrected chi connectivity index (χ2v) is 7.06. The molecule has 0 unspecified atom stereocenters. The van der Waals surface area contributed by atoms with E-state index in [2.05, 4.69) is 15.0 Å². The van der Waals surface area contributed by atoms with Gasteiger partial charge in [-0.25, -0.2) is 18.1 Å². The van der Waals surface area contributed by atoms with E-state index in [-0.39, 0.29) is 6.54 Å². The number of sulfonamides is 1. The minimum atomic E-state index is -3.44. The summed E-state index contributed by atoms with van der Waals surface area (Å²) in [7, 11) is -1.61. The van der Waals surface area contributed by atoms with Crippen molar-refractivity contribution in [3.8, 4) is 0 Å². The van der Waals surface area contributed by atoms with E-state index in [0.29, 0.717) is 11.4 Å². The van der Waals surface area contributed by atoms with Crippen LogP contribution < -0.4 is 10.0 Å². The molecule has 0 aromatic carbocycles. The SMILES string of the molecule is CNCc1cc(S(=O)(=O)NCc2cscn2)cs1. The van der Waals surface area contributed by atoms with Gasteiger partial charge >= 0.3 is 0 Å². The quantitative estimate of drug-likeness (QED) is 0.846. The molecule has 0 spiro atoms. The molecule has 8 heteroatoms. The predicted octanol–water partition coefficient (Wildman–Crippen LogP) is 1.40. The van der Waals surface area contributed by atoms with Crippen molar-refractivity contribution in [2.75, 3.05) is 7.05 Å². The van der Waals surface area contributed by atoms with Crippen LogP contribution in [0.3, 0.4) is 0 Å². The summed E-state index contributed by atoms with van der Waals surface area (Å²) in [6.07, 6.45) is 0. The molecule has 0 aliphatic rings.